The fourth-order valence-corrected chi connectivity index (χ4v) is 3.30. The van der Waals surface area contributed by atoms with Gasteiger partial charge in [-0.3, -0.25) is 0 Å². The summed E-state index contributed by atoms with van der Waals surface area (Å²) in [5.74, 6) is 0.0672. The summed E-state index contributed by atoms with van der Waals surface area (Å²) in [4.78, 5) is 15.5. The summed E-state index contributed by atoms with van der Waals surface area (Å²) in [5.41, 5.74) is 5.36. The summed E-state index contributed by atoms with van der Waals surface area (Å²) in [5, 5.41) is 8.75. The second-order valence-electron chi connectivity index (χ2n) is 6.68. The van der Waals surface area contributed by atoms with Gasteiger partial charge in [-0.15, -0.1) is 0 Å². The monoisotopic (exact) mass is 368 g/mol. The number of para-hydroxylation sites is 2. The summed E-state index contributed by atoms with van der Waals surface area (Å²) >= 11 is 0. The van der Waals surface area contributed by atoms with Crippen molar-refractivity contribution in [2.24, 2.45) is 0 Å². The minimum Gasteiger partial charge on any atom is -0.478 e. The largest absolute Gasteiger partial charge is 0.478 e. The van der Waals surface area contributed by atoms with Crippen LogP contribution >= 0.6 is 0 Å². The Morgan fingerprint density at radius 3 is 2.36 bits per heavy atom. The van der Waals surface area contributed by atoms with Crippen molar-refractivity contribution >= 4 is 23.1 Å². The molecule has 0 radical (unpaired) electrons. The molecule has 1 aromatic heterocycles. The van der Waals surface area contributed by atoms with Crippen LogP contribution in [0.25, 0.3) is 17.1 Å². The highest BCUT2D eigenvalue weighted by atomic mass is 16.4. The topological polar surface area (TPSA) is 55.1 Å². The highest BCUT2D eigenvalue weighted by molar-refractivity contribution is 5.85. The number of hydrogen-bond acceptors (Lipinski definition) is 2. The molecule has 0 saturated carbocycles. The van der Waals surface area contributed by atoms with Crippen LogP contribution in [0.1, 0.15) is 22.5 Å². The highest BCUT2D eigenvalue weighted by Gasteiger charge is 2.11. The molecule has 4 nitrogen and oxygen atoms in total. The van der Waals surface area contributed by atoms with Crippen LogP contribution in [0, 0.1) is 0 Å². The predicted molar refractivity (Wildman–Crippen MR) is 111 cm³/mol. The first kappa shape index (κ1) is 17.7. The third-order valence-corrected chi connectivity index (χ3v) is 4.68. The normalized spacial score (nSPS) is 11.3. The van der Waals surface area contributed by atoms with Crippen molar-refractivity contribution in [2.75, 3.05) is 0 Å². The van der Waals surface area contributed by atoms with Crippen molar-refractivity contribution in [1.29, 1.82) is 0 Å². The summed E-state index contributed by atoms with van der Waals surface area (Å²) in [6, 6.07) is 26.5. The first-order valence-electron chi connectivity index (χ1n) is 9.17. The Morgan fingerprint density at radius 1 is 0.893 bits per heavy atom. The van der Waals surface area contributed by atoms with Crippen LogP contribution in [0.2, 0.25) is 0 Å². The van der Waals surface area contributed by atoms with Gasteiger partial charge in [0.15, 0.2) is 0 Å². The lowest BCUT2D eigenvalue weighted by Crippen LogP contribution is -2.06. The molecule has 0 fully saturated rings. The average molecular weight is 368 g/mol. The lowest BCUT2D eigenvalue weighted by Gasteiger charge is -2.10. The van der Waals surface area contributed by atoms with Crippen LogP contribution < -0.4 is 0 Å². The number of imidazole rings is 1. The first-order chi connectivity index (χ1) is 13.7. The number of nitrogens with zero attached hydrogens (tertiary/aromatic N) is 2. The lowest BCUT2D eigenvalue weighted by atomic mass is 10.1. The highest BCUT2D eigenvalue weighted by Crippen LogP contribution is 2.20. The molecular weight excluding hydrogens is 348 g/mol. The predicted octanol–water partition coefficient (Wildman–Crippen LogP) is 4.77. The number of carbonyl (C=O) groups is 1. The maximum atomic E-state index is 10.7. The molecule has 3 aromatic carbocycles. The fourth-order valence-electron chi connectivity index (χ4n) is 3.30. The van der Waals surface area contributed by atoms with Gasteiger partial charge in [0.1, 0.15) is 5.82 Å². The van der Waals surface area contributed by atoms with E-state index >= 15 is 0 Å². The minimum absolute atomic E-state index is 0.713. The molecule has 0 aliphatic heterocycles. The molecule has 4 rings (SSSR count). The van der Waals surface area contributed by atoms with Gasteiger partial charge in [0, 0.05) is 19.0 Å². The van der Waals surface area contributed by atoms with Gasteiger partial charge >= 0.3 is 5.97 Å². The third kappa shape index (κ3) is 4.01. The number of benzene rings is 3. The van der Waals surface area contributed by atoms with E-state index < -0.39 is 5.97 Å². The second kappa shape index (κ2) is 7.92. The zero-order valence-corrected chi connectivity index (χ0v) is 15.3. The van der Waals surface area contributed by atoms with E-state index in [4.69, 9.17) is 10.1 Å². The Kier molecular flexibility index (Phi) is 5.02. The Bertz CT molecular complexity index is 1130. The summed E-state index contributed by atoms with van der Waals surface area (Å²) in [7, 11) is 0. The number of carboxylic acid groups (broad SMARTS) is 1. The van der Waals surface area contributed by atoms with E-state index in [0.29, 0.717) is 6.42 Å². The Hall–Kier alpha value is -3.66. The van der Waals surface area contributed by atoms with Crippen LogP contribution in [-0.2, 0) is 17.8 Å². The molecule has 0 unspecified atom stereocenters. The van der Waals surface area contributed by atoms with Crippen LogP contribution in [0.15, 0.2) is 84.9 Å². The smallest absolute Gasteiger partial charge is 0.328 e. The molecule has 0 amide bonds. The third-order valence-electron chi connectivity index (χ3n) is 4.68. The van der Waals surface area contributed by atoms with Crippen molar-refractivity contribution in [1.82, 2.24) is 9.55 Å². The van der Waals surface area contributed by atoms with Crippen molar-refractivity contribution in [2.45, 2.75) is 13.0 Å². The van der Waals surface area contributed by atoms with E-state index in [1.807, 2.05) is 48.5 Å². The van der Waals surface area contributed by atoms with Gasteiger partial charge in [0.2, 0.25) is 0 Å². The number of aromatic nitrogens is 2. The molecule has 0 bridgehead atoms. The summed E-state index contributed by atoms with van der Waals surface area (Å²) in [6.07, 6.45) is 3.45. The number of aliphatic carboxylic acids is 1. The van der Waals surface area contributed by atoms with Gasteiger partial charge in [0.25, 0.3) is 0 Å². The number of fused-ring (bicyclic) bond motifs is 1. The van der Waals surface area contributed by atoms with E-state index in [9.17, 15) is 4.79 Å². The van der Waals surface area contributed by atoms with Gasteiger partial charge in [0.05, 0.1) is 11.0 Å². The SMILES string of the molecule is O=C(O)/C=C/c1ccc(Cc2nc3ccccc3n2Cc2ccccc2)cc1. The average Bonchev–Trinajstić information content (AvgIpc) is 3.05. The van der Waals surface area contributed by atoms with Gasteiger partial charge in [-0.05, 0) is 34.9 Å². The number of rotatable bonds is 6. The summed E-state index contributed by atoms with van der Waals surface area (Å²) in [6.45, 7) is 0.774. The van der Waals surface area contributed by atoms with Gasteiger partial charge < -0.3 is 9.67 Å². The molecule has 4 heteroatoms. The molecular formula is C24H20N2O2. The molecule has 1 N–H and O–H groups in total. The summed E-state index contributed by atoms with van der Waals surface area (Å²) < 4.78 is 2.27. The zero-order valence-electron chi connectivity index (χ0n) is 15.3. The molecule has 0 atom stereocenters. The number of hydrogen-bond donors (Lipinski definition) is 1. The Morgan fingerprint density at radius 2 is 1.61 bits per heavy atom. The maximum absolute atomic E-state index is 10.7. The van der Waals surface area contributed by atoms with Crippen molar-refractivity contribution in [3.05, 3.63) is 107 Å². The van der Waals surface area contributed by atoms with E-state index in [0.717, 1.165) is 40.6 Å². The first-order valence-corrected chi connectivity index (χ1v) is 9.17. The number of carboxylic acids is 1. The quantitative estimate of drug-likeness (QED) is 0.499. The molecule has 28 heavy (non-hydrogen) atoms. The second-order valence-corrected chi connectivity index (χ2v) is 6.68. The fraction of sp³-hybridized carbons (Fsp3) is 0.0833. The Labute approximate surface area is 163 Å². The van der Waals surface area contributed by atoms with Crippen LogP contribution in [0.4, 0.5) is 0 Å². The van der Waals surface area contributed by atoms with E-state index in [1.165, 1.54) is 5.56 Å². The molecule has 138 valence electrons. The molecule has 0 saturated heterocycles. The van der Waals surface area contributed by atoms with Crippen LogP contribution in [0.5, 0.6) is 0 Å². The minimum atomic E-state index is -0.946. The van der Waals surface area contributed by atoms with Crippen LogP contribution in [0.3, 0.4) is 0 Å². The molecule has 0 aliphatic carbocycles. The van der Waals surface area contributed by atoms with Crippen molar-refractivity contribution in [3.63, 3.8) is 0 Å². The van der Waals surface area contributed by atoms with Crippen LogP contribution in [-0.4, -0.2) is 20.6 Å². The molecule has 0 spiro atoms. The van der Waals surface area contributed by atoms with E-state index in [1.54, 1.807) is 6.08 Å². The maximum Gasteiger partial charge on any atom is 0.328 e. The van der Waals surface area contributed by atoms with Crippen molar-refractivity contribution in [3.8, 4) is 0 Å². The molecule has 1 heterocycles. The van der Waals surface area contributed by atoms with Gasteiger partial charge in [-0.2, -0.15) is 0 Å². The standard InChI is InChI=1S/C24H20N2O2/c27-24(28)15-14-18-10-12-19(13-11-18)16-23-25-21-8-4-5-9-22(21)26(23)17-20-6-2-1-3-7-20/h1-15H,16-17H2,(H,27,28)/b15-14+. The van der Waals surface area contributed by atoms with E-state index in [-0.39, 0.29) is 0 Å². The van der Waals surface area contributed by atoms with Gasteiger partial charge in [-0.1, -0.05) is 66.7 Å². The Balaban J connectivity index is 1.65. The molecule has 4 aromatic rings. The molecule has 0 aliphatic rings. The van der Waals surface area contributed by atoms with Crippen molar-refractivity contribution < 1.29 is 9.90 Å². The lowest BCUT2D eigenvalue weighted by molar-refractivity contribution is -0.131. The zero-order chi connectivity index (χ0) is 19.3. The van der Waals surface area contributed by atoms with E-state index in [2.05, 4.69) is 34.9 Å². The van der Waals surface area contributed by atoms with Gasteiger partial charge in [-0.25, -0.2) is 9.78 Å².